The number of carbonyl (C=O) groups is 3. The first-order valence-corrected chi connectivity index (χ1v) is 7.73. The molecule has 128 valence electrons. The first-order chi connectivity index (χ1) is 12.0. The molecule has 1 aliphatic heterocycles. The van der Waals surface area contributed by atoms with Crippen molar-refractivity contribution >= 4 is 29.1 Å². The standard InChI is InChI=1S/C18H16FN3O3/c19-14-6-2-3-11-7-8-16(24)22(17(11)14)10-15(23)21-13-5-1-4-12(9-13)18(20)25/h1-6,9H,7-8,10H2,(H2,20,25)(H,21,23). The average Bonchev–Trinajstić information content (AvgIpc) is 2.58. The largest absolute Gasteiger partial charge is 0.366 e. The summed E-state index contributed by atoms with van der Waals surface area (Å²) in [6.45, 7) is -0.312. The first kappa shape index (κ1) is 16.6. The molecule has 3 N–H and O–H groups in total. The van der Waals surface area contributed by atoms with Crippen LogP contribution in [0.5, 0.6) is 0 Å². The van der Waals surface area contributed by atoms with Crippen LogP contribution in [0.4, 0.5) is 15.8 Å². The molecule has 0 atom stereocenters. The van der Waals surface area contributed by atoms with Gasteiger partial charge in [-0.25, -0.2) is 4.39 Å². The van der Waals surface area contributed by atoms with Crippen LogP contribution in [-0.2, 0) is 16.0 Å². The Hall–Kier alpha value is -3.22. The Kier molecular flexibility index (Phi) is 4.47. The predicted molar refractivity (Wildman–Crippen MR) is 90.7 cm³/mol. The normalized spacial score (nSPS) is 13.3. The van der Waals surface area contributed by atoms with Crippen LogP contribution < -0.4 is 16.0 Å². The Labute approximate surface area is 143 Å². The number of carbonyl (C=O) groups excluding carboxylic acids is 3. The van der Waals surface area contributed by atoms with Crippen molar-refractivity contribution in [2.24, 2.45) is 5.73 Å². The number of primary amides is 1. The van der Waals surface area contributed by atoms with E-state index in [1.165, 1.54) is 18.2 Å². The number of para-hydroxylation sites is 1. The van der Waals surface area contributed by atoms with E-state index in [1.807, 2.05) is 0 Å². The van der Waals surface area contributed by atoms with Gasteiger partial charge in [0.25, 0.3) is 0 Å². The van der Waals surface area contributed by atoms with E-state index in [1.54, 1.807) is 24.3 Å². The highest BCUT2D eigenvalue weighted by molar-refractivity contribution is 6.04. The molecule has 0 saturated heterocycles. The van der Waals surface area contributed by atoms with Gasteiger partial charge in [-0.05, 0) is 36.2 Å². The minimum Gasteiger partial charge on any atom is -0.366 e. The lowest BCUT2D eigenvalue weighted by molar-refractivity contribution is -0.121. The molecule has 2 aromatic rings. The quantitative estimate of drug-likeness (QED) is 0.889. The van der Waals surface area contributed by atoms with E-state index in [9.17, 15) is 18.8 Å². The van der Waals surface area contributed by atoms with E-state index in [0.717, 1.165) is 4.90 Å². The number of hydrogen-bond acceptors (Lipinski definition) is 3. The number of nitrogens with two attached hydrogens (primary N) is 1. The molecule has 0 aromatic heterocycles. The van der Waals surface area contributed by atoms with Crippen molar-refractivity contribution in [1.82, 2.24) is 0 Å². The number of aryl methyl sites for hydroxylation is 1. The van der Waals surface area contributed by atoms with E-state index < -0.39 is 17.6 Å². The molecule has 0 fully saturated rings. The Morgan fingerprint density at radius 3 is 2.68 bits per heavy atom. The fourth-order valence-corrected chi connectivity index (χ4v) is 2.83. The third-order valence-electron chi connectivity index (χ3n) is 3.98. The number of nitrogens with zero attached hydrogens (tertiary/aromatic N) is 1. The first-order valence-electron chi connectivity index (χ1n) is 7.73. The Bertz CT molecular complexity index is 866. The van der Waals surface area contributed by atoms with Crippen LogP contribution in [0.3, 0.4) is 0 Å². The number of amides is 3. The summed E-state index contributed by atoms with van der Waals surface area (Å²) in [5.41, 5.74) is 6.68. The SMILES string of the molecule is NC(=O)c1cccc(NC(=O)CN2C(=O)CCc3cccc(F)c32)c1. The topological polar surface area (TPSA) is 92.5 Å². The van der Waals surface area contributed by atoms with Gasteiger partial charge in [-0.2, -0.15) is 0 Å². The highest BCUT2D eigenvalue weighted by Gasteiger charge is 2.28. The smallest absolute Gasteiger partial charge is 0.248 e. The maximum atomic E-state index is 14.1. The minimum atomic E-state index is -0.613. The molecule has 0 aliphatic carbocycles. The fraction of sp³-hybridized carbons (Fsp3) is 0.167. The molecule has 7 heteroatoms. The molecule has 1 heterocycles. The van der Waals surface area contributed by atoms with Crippen LogP contribution in [0.25, 0.3) is 0 Å². The van der Waals surface area contributed by atoms with Crippen molar-refractivity contribution in [2.45, 2.75) is 12.8 Å². The van der Waals surface area contributed by atoms with Crippen LogP contribution in [-0.4, -0.2) is 24.3 Å². The van der Waals surface area contributed by atoms with Gasteiger partial charge in [0.15, 0.2) is 0 Å². The van der Waals surface area contributed by atoms with E-state index >= 15 is 0 Å². The second kappa shape index (κ2) is 6.72. The van der Waals surface area contributed by atoms with Gasteiger partial charge in [-0.15, -0.1) is 0 Å². The maximum absolute atomic E-state index is 14.1. The number of rotatable bonds is 4. The van der Waals surface area contributed by atoms with Gasteiger partial charge in [0.1, 0.15) is 12.4 Å². The molecule has 3 rings (SSSR count). The number of halogens is 1. The molecule has 0 unspecified atom stereocenters. The lowest BCUT2D eigenvalue weighted by Gasteiger charge is -2.29. The third-order valence-corrected chi connectivity index (χ3v) is 3.98. The molecule has 3 amide bonds. The summed E-state index contributed by atoms with van der Waals surface area (Å²) >= 11 is 0. The maximum Gasteiger partial charge on any atom is 0.248 e. The van der Waals surface area contributed by atoms with Gasteiger partial charge in [0.2, 0.25) is 17.7 Å². The van der Waals surface area contributed by atoms with Crippen molar-refractivity contribution < 1.29 is 18.8 Å². The fourth-order valence-electron chi connectivity index (χ4n) is 2.83. The van der Waals surface area contributed by atoms with Gasteiger partial charge in [-0.3, -0.25) is 19.3 Å². The molecule has 6 nitrogen and oxygen atoms in total. The van der Waals surface area contributed by atoms with E-state index in [-0.39, 0.29) is 30.1 Å². The van der Waals surface area contributed by atoms with Crippen LogP contribution in [0.2, 0.25) is 0 Å². The van der Waals surface area contributed by atoms with Crippen LogP contribution in [0.1, 0.15) is 22.3 Å². The van der Waals surface area contributed by atoms with Crippen LogP contribution in [0.15, 0.2) is 42.5 Å². The summed E-state index contributed by atoms with van der Waals surface area (Å²) in [7, 11) is 0. The Morgan fingerprint density at radius 1 is 1.16 bits per heavy atom. The summed E-state index contributed by atoms with van der Waals surface area (Å²) in [6.07, 6.45) is 0.672. The van der Waals surface area contributed by atoms with Crippen molar-refractivity contribution in [3.05, 3.63) is 59.4 Å². The van der Waals surface area contributed by atoms with Crippen molar-refractivity contribution in [2.75, 3.05) is 16.8 Å². The minimum absolute atomic E-state index is 0.153. The zero-order chi connectivity index (χ0) is 18.0. The number of anilines is 2. The van der Waals surface area contributed by atoms with Gasteiger partial charge < -0.3 is 11.1 Å². The van der Waals surface area contributed by atoms with E-state index in [2.05, 4.69) is 5.32 Å². The number of fused-ring (bicyclic) bond motifs is 1. The predicted octanol–water partition coefficient (Wildman–Crippen LogP) is 1.84. The van der Waals surface area contributed by atoms with Gasteiger partial charge >= 0.3 is 0 Å². The lowest BCUT2D eigenvalue weighted by atomic mass is 10.0. The van der Waals surface area contributed by atoms with E-state index in [0.29, 0.717) is 17.7 Å². The average molecular weight is 341 g/mol. The van der Waals surface area contributed by atoms with Crippen molar-refractivity contribution in [3.8, 4) is 0 Å². The number of hydrogen-bond donors (Lipinski definition) is 2. The monoisotopic (exact) mass is 341 g/mol. The molecule has 0 saturated carbocycles. The zero-order valence-corrected chi connectivity index (χ0v) is 13.3. The van der Waals surface area contributed by atoms with Gasteiger partial charge in [0.05, 0.1) is 5.69 Å². The second-order valence-corrected chi connectivity index (χ2v) is 5.72. The van der Waals surface area contributed by atoms with Gasteiger partial charge in [0, 0.05) is 17.7 Å². The Morgan fingerprint density at radius 2 is 1.92 bits per heavy atom. The van der Waals surface area contributed by atoms with E-state index in [4.69, 9.17) is 5.73 Å². The van der Waals surface area contributed by atoms with Crippen LogP contribution in [0, 0.1) is 5.82 Å². The van der Waals surface area contributed by atoms with Crippen molar-refractivity contribution in [1.29, 1.82) is 0 Å². The highest BCUT2D eigenvalue weighted by Crippen LogP contribution is 2.30. The second-order valence-electron chi connectivity index (χ2n) is 5.72. The molecule has 0 bridgehead atoms. The molecule has 0 radical (unpaired) electrons. The highest BCUT2D eigenvalue weighted by atomic mass is 19.1. The summed E-state index contributed by atoms with van der Waals surface area (Å²) in [4.78, 5) is 36.8. The van der Waals surface area contributed by atoms with Crippen molar-refractivity contribution in [3.63, 3.8) is 0 Å². The summed E-state index contributed by atoms with van der Waals surface area (Å²) in [6, 6.07) is 10.7. The lowest BCUT2D eigenvalue weighted by Crippen LogP contribution is -2.41. The molecular formula is C18H16FN3O3. The summed E-state index contributed by atoms with van der Waals surface area (Å²) in [5.74, 6) is -1.95. The molecule has 0 spiro atoms. The molecule has 25 heavy (non-hydrogen) atoms. The molecule has 1 aliphatic rings. The molecule has 2 aromatic carbocycles. The number of benzene rings is 2. The third kappa shape index (κ3) is 3.50. The summed E-state index contributed by atoms with van der Waals surface area (Å²) < 4.78 is 14.1. The Balaban J connectivity index is 1.79. The van der Waals surface area contributed by atoms with Gasteiger partial charge in [-0.1, -0.05) is 18.2 Å². The number of nitrogens with one attached hydrogen (secondary N) is 1. The van der Waals surface area contributed by atoms with Crippen LogP contribution >= 0.6 is 0 Å². The summed E-state index contributed by atoms with van der Waals surface area (Å²) in [5, 5.41) is 2.59. The zero-order valence-electron chi connectivity index (χ0n) is 13.3. The molecular weight excluding hydrogens is 325 g/mol.